The molecule has 0 heterocycles. The van der Waals surface area contributed by atoms with E-state index in [1.165, 1.54) is 18.2 Å². The molecule has 0 spiro atoms. The van der Waals surface area contributed by atoms with E-state index in [2.05, 4.69) is 5.32 Å². The summed E-state index contributed by atoms with van der Waals surface area (Å²) in [7, 11) is 0. The molecular formula is C20H23ClF2N2O. The van der Waals surface area contributed by atoms with Crippen LogP contribution >= 0.6 is 12.4 Å². The van der Waals surface area contributed by atoms with Gasteiger partial charge in [-0.2, -0.15) is 0 Å². The summed E-state index contributed by atoms with van der Waals surface area (Å²) in [5, 5.41) is 2.87. The lowest BCUT2D eigenvalue weighted by Crippen LogP contribution is -2.40. The summed E-state index contributed by atoms with van der Waals surface area (Å²) >= 11 is 0. The SMILES string of the molecule is Cl.NCc1ccc(C(=O)NCC2(c3c(F)cccc3F)CCCC2)cc1. The Hall–Kier alpha value is -1.98. The lowest BCUT2D eigenvalue weighted by molar-refractivity contribution is 0.0942. The monoisotopic (exact) mass is 380 g/mol. The number of carbonyl (C=O) groups excluding carboxylic acids is 1. The lowest BCUT2D eigenvalue weighted by atomic mass is 9.78. The van der Waals surface area contributed by atoms with Crippen LogP contribution < -0.4 is 11.1 Å². The smallest absolute Gasteiger partial charge is 0.251 e. The molecule has 3 nitrogen and oxygen atoms in total. The van der Waals surface area contributed by atoms with E-state index in [4.69, 9.17) is 5.73 Å². The van der Waals surface area contributed by atoms with Gasteiger partial charge in [-0.3, -0.25) is 4.79 Å². The summed E-state index contributed by atoms with van der Waals surface area (Å²) in [6.07, 6.45) is 3.12. The van der Waals surface area contributed by atoms with Crippen molar-refractivity contribution in [3.8, 4) is 0 Å². The van der Waals surface area contributed by atoms with E-state index in [-0.39, 0.29) is 30.4 Å². The predicted molar refractivity (Wildman–Crippen MR) is 100 cm³/mol. The van der Waals surface area contributed by atoms with Crippen molar-refractivity contribution < 1.29 is 13.6 Å². The number of rotatable bonds is 5. The van der Waals surface area contributed by atoms with E-state index in [0.717, 1.165) is 18.4 Å². The minimum atomic E-state index is -0.678. The normalized spacial score (nSPS) is 15.3. The van der Waals surface area contributed by atoms with Crippen LogP contribution in [0.5, 0.6) is 0 Å². The quantitative estimate of drug-likeness (QED) is 0.820. The molecule has 0 bridgehead atoms. The Morgan fingerprint density at radius 1 is 1.04 bits per heavy atom. The fraction of sp³-hybridized carbons (Fsp3) is 0.350. The first-order valence-corrected chi connectivity index (χ1v) is 8.57. The summed E-state index contributed by atoms with van der Waals surface area (Å²) in [5.41, 5.74) is 6.44. The highest BCUT2D eigenvalue weighted by Gasteiger charge is 2.40. The van der Waals surface area contributed by atoms with E-state index >= 15 is 0 Å². The van der Waals surface area contributed by atoms with Gasteiger partial charge in [0.2, 0.25) is 0 Å². The number of hydrogen-bond acceptors (Lipinski definition) is 2. The van der Waals surface area contributed by atoms with Gasteiger partial charge in [-0.1, -0.05) is 31.0 Å². The number of carbonyl (C=O) groups is 1. The molecule has 0 aromatic heterocycles. The van der Waals surface area contributed by atoms with Gasteiger partial charge in [-0.05, 0) is 42.7 Å². The van der Waals surface area contributed by atoms with Crippen LogP contribution in [0.4, 0.5) is 8.78 Å². The highest BCUT2D eigenvalue weighted by Crippen LogP contribution is 2.42. The van der Waals surface area contributed by atoms with Crippen molar-refractivity contribution in [3.05, 3.63) is 70.8 Å². The molecule has 140 valence electrons. The zero-order valence-corrected chi connectivity index (χ0v) is 15.3. The van der Waals surface area contributed by atoms with Crippen molar-refractivity contribution in [3.63, 3.8) is 0 Å². The molecule has 1 saturated carbocycles. The molecule has 3 N–H and O–H groups in total. The second-order valence-electron chi connectivity index (χ2n) is 6.67. The molecule has 3 rings (SSSR count). The topological polar surface area (TPSA) is 55.1 Å². The van der Waals surface area contributed by atoms with Crippen molar-refractivity contribution in [1.29, 1.82) is 0 Å². The van der Waals surface area contributed by atoms with Gasteiger partial charge < -0.3 is 11.1 Å². The average molecular weight is 381 g/mol. The van der Waals surface area contributed by atoms with Gasteiger partial charge in [0.25, 0.3) is 5.91 Å². The van der Waals surface area contributed by atoms with E-state index in [1.54, 1.807) is 24.3 Å². The number of nitrogens with two attached hydrogens (primary N) is 1. The molecular weight excluding hydrogens is 358 g/mol. The zero-order chi connectivity index (χ0) is 17.9. The van der Waals surface area contributed by atoms with Gasteiger partial charge in [0.05, 0.1) is 0 Å². The number of nitrogens with one attached hydrogen (secondary N) is 1. The van der Waals surface area contributed by atoms with Crippen LogP contribution in [-0.4, -0.2) is 12.5 Å². The van der Waals surface area contributed by atoms with Gasteiger partial charge >= 0.3 is 0 Å². The Labute approximate surface area is 158 Å². The summed E-state index contributed by atoms with van der Waals surface area (Å²) in [5.74, 6) is -1.32. The van der Waals surface area contributed by atoms with E-state index in [9.17, 15) is 13.6 Å². The fourth-order valence-corrected chi connectivity index (χ4v) is 3.72. The molecule has 0 unspecified atom stereocenters. The lowest BCUT2D eigenvalue weighted by Gasteiger charge is -2.30. The minimum absolute atomic E-state index is 0. The van der Waals surface area contributed by atoms with Crippen molar-refractivity contribution in [2.45, 2.75) is 37.6 Å². The molecule has 2 aromatic rings. The molecule has 1 amide bonds. The number of halogens is 3. The van der Waals surface area contributed by atoms with Crippen LogP contribution in [0.15, 0.2) is 42.5 Å². The first kappa shape index (κ1) is 20.3. The first-order chi connectivity index (χ1) is 12.1. The molecule has 0 radical (unpaired) electrons. The summed E-state index contributed by atoms with van der Waals surface area (Å²) < 4.78 is 28.6. The van der Waals surface area contributed by atoms with Crippen molar-refractivity contribution in [1.82, 2.24) is 5.32 Å². The molecule has 26 heavy (non-hydrogen) atoms. The van der Waals surface area contributed by atoms with Crippen LogP contribution in [0, 0.1) is 11.6 Å². The highest BCUT2D eigenvalue weighted by molar-refractivity contribution is 5.94. The van der Waals surface area contributed by atoms with Crippen LogP contribution in [0.25, 0.3) is 0 Å². The Morgan fingerprint density at radius 3 is 2.15 bits per heavy atom. The number of amides is 1. The Balaban J connectivity index is 0.00000243. The maximum Gasteiger partial charge on any atom is 0.251 e. The second kappa shape index (κ2) is 8.60. The second-order valence-corrected chi connectivity index (χ2v) is 6.67. The van der Waals surface area contributed by atoms with Crippen LogP contribution in [-0.2, 0) is 12.0 Å². The van der Waals surface area contributed by atoms with Crippen LogP contribution in [0.1, 0.15) is 47.2 Å². The van der Waals surface area contributed by atoms with Gasteiger partial charge in [-0.25, -0.2) is 8.78 Å². The van der Waals surface area contributed by atoms with Crippen molar-refractivity contribution in [2.75, 3.05) is 6.54 Å². The number of benzene rings is 2. The molecule has 1 aliphatic rings. The fourth-order valence-electron chi connectivity index (χ4n) is 3.72. The van der Waals surface area contributed by atoms with Gasteiger partial charge in [0.1, 0.15) is 11.6 Å². The summed E-state index contributed by atoms with van der Waals surface area (Å²) in [4.78, 5) is 12.4. The molecule has 1 fully saturated rings. The van der Waals surface area contributed by atoms with E-state index in [1.807, 2.05) is 0 Å². The van der Waals surface area contributed by atoms with Crippen molar-refractivity contribution in [2.24, 2.45) is 5.73 Å². The summed E-state index contributed by atoms with van der Waals surface area (Å²) in [6, 6.07) is 11.0. The van der Waals surface area contributed by atoms with Crippen LogP contribution in [0.3, 0.4) is 0 Å². The first-order valence-electron chi connectivity index (χ1n) is 8.57. The molecule has 0 atom stereocenters. The highest BCUT2D eigenvalue weighted by atomic mass is 35.5. The van der Waals surface area contributed by atoms with Gasteiger partial charge in [-0.15, -0.1) is 12.4 Å². The third-order valence-electron chi connectivity index (χ3n) is 5.09. The van der Waals surface area contributed by atoms with Gasteiger partial charge in [0.15, 0.2) is 0 Å². The Kier molecular flexibility index (Phi) is 6.73. The van der Waals surface area contributed by atoms with Crippen molar-refractivity contribution >= 4 is 18.3 Å². The third kappa shape index (κ3) is 4.05. The molecule has 0 saturated heterocycles. The van der Waals surface area contributed by atoms with E-state index < -0.39 is 17.0 Å². The Bertz CT molecular complexity index is 739. The minimum Gasteiger partial charge on any atom is -0.351 e. The van der Waals surface area contributed by atoms with Crippen LogP contribution in [0.2, 0.25) is 0 Å². The van der Waals surface area contributed by atoms with E-state index in [0.29, 0.717) is 24.9 Å². The third-order valence-corrected chi connectivity index (χ3v) is 5.09. The summed E-state index contributed by atoms with van der Waals surface area (Å²) in [6.45, 7) is 0.639. The average Bonchev–Trinajstić information content (AvgIpc) is 3.09. The molecule has 0 aliphatic heterocycles. The predicted octanol–water partition coefficient (Wildman–Crippen LogP) is 4.09. The molecule has 6 heteroatoms. The Morgan fingerprint density at radius 2 is 1.62 bits per heavy atom. The largest absolute Gasteiger partial charge is 0.351 e. The van der Waals surface area contributed by atoms with Gasteiger partial charge in [0, 0.05) is 29.6 Å². The molecule has 1 aliphatic carbocycles. The maximum atomic E-state index is 14.3. The maximum absolute atomic E-state index is 14.3. The number of hydrogen-bond donors (Lipinski definition) is 2. The standard InChI is InChI=1S/C20H22F2N2O.ClH/c21-16-4-3-5-17(22)18(16)20(10-1-2-11-20)13-24-19(25)15-8-6-14(12-23)7-9-15;/h3-9H,1-2,10-13,23H2,(H,24,25);1H. The zero-order valence-electron chi connectivity index (χ0n) is 14.4. The molecule has 2 aromatic carbocycles.